The van der Waals surface area contributed by atoms with Crippen molar-refractivity contribution in [3.8, 4) is 0 Å². The van der Waals surface area contributed by atoms with Crippen LogP contribution in [0.1, 0.15) is 24.8 Å². The first-order valence-electron chi connectivity index (χ1n) is 6.15. The monoisotopic (exact) mass is 267 g/mol. The fourth-order valence-electron chi connectivity index (χ4n) is 2.28. The van der Waals surface area contributed by atoms with Gasteiger partial charge in [-0.25, -0.2) is 0 Å². The fraction of sp³-hybridized carbons (Fsp3) is 0.462. The van der Waals surface area contributed by atoms with Crippen LogP contribution in [-0.2, 0) is 0 Å². The molecule has 0 aliphatic heterocycles. The number of nitrogens with zero attached hydrogens (tertiary/aromatic N) is 1. The van der Waals surface area contributed by atoms with Crippen molar-refractivity contribution in [2.45, 2.75) is 25.3 Å². The van der Waals surface area contributed by atoms with Gasteiger partial charge in [-0.15, -0.1) is 0 Å². The minimum Gasteiger partial charge on any atom is -0.395 e. The van der Waals surface area contributed by atoms with E-state index in [1.165, 1.54) is 6.42 Å². The SMILES string of the molecule is N=C(N)c1cc(Cl)ccc1N(CCO)C1CCC1. The minimum absolute atomic E-state index is 0.00904. The Hall–Kier alpha value is -1.26. The molecule has 5 heteroatoms. The van der Waals surface area contributed by atoms with Gasteiger partial charge in [-0.1, -0.05) is 11.6 Å². The number of aliphatic hydroxyl groups is 1. The Morgan fingerprint density at radius 3 is 2.72 bits per heavy atom. The summed E-state index contributed by atoms with van der Waals surface area (Å²) in [7, 11) is 0. The van der Waals surface area contributed by atoms with Gasteiger partial charge >= 0.3 is 0 Å². The molecule has 1 saturated carbocycles. The van der Waals surface area contributed by atoms with E-state index in [1.54, 1.807) is 12.1 Å². The fourth-order valence-corrected chi connectivity index (χ4v) is 2.45. The molecule has 0 heterocycles. The Morgan fingerprint density at radius 1 is 1.50 bits per heavy atom. The zero-order valence-corrected chi connectivity index (χ0v) is 11.0. The Bertz CT molecular complexity index is 446. The molecule has 18 heavy (non-hydrogen) atoms. The maximum atomic E-state index is 9.20. The van der Waals surface area contributed by atoms with Gasteiger partial charge in [0.05, 0.1) is 6.61 Å². The van der Waals surface area contributed by atoms with Gasteiger partial charge in [-0.05, 0) is 37.5 Å². The van der Waals surface area contributed by atoms with E-state index in [-0.39, 0.29) is 12.4 Å². The Balaban J connectivity index is 2.36. The zero-order valence-electron chi connectivity index (χ0n) is 10.2. The van der Waals surface area contributed by atoms with E-state index in [1.807, 2.05) is 6.07 Å². The molecule has 0 aromatic heterocycles. The molecule has 0 amide bonds. The van der Waals surface area contributed by atoms with Crippen LogP contribution in [0.5, 0.6) is 0 Å². The van der Waals surface area contributed by atoms with Crippen molar-refractivity contribution in [1.82, 2.24) is 0 Å². The molecule has 1 fully saturated rings. The van der Waals surface area contributed by atoms with Crippen molar-refractivity contribution in [2.24, 2.45) is 5.73 Å². The highest BCUT2D eigenvalue weighted by molar-refractivity contribution is 6.31. The molecule has 1 aromatic rings. The highest BCUT2D eigenvalue weighted by Gasteiger charge is 2.26. The van der Waals surface area contributed by atoms with Gasteiger partial charge in [0, 0.05) is 28.9 Å². The third-order valence-electron chi connectivity index (χ3n) is 3.41. The number of nitrogens with two attached hydrogens (primary N) is 1. The molecule has 4 N–H and O–H groups in total. The van der Waals surface area contributed by atoms with Crippen molar-refractivity contribution < 1.29 is 5.11 Å². The summed E-state index contributed by atoms with van der Waals surface area (Å²) in [5, 5.41) is 17.4. The van der Waals surface area contributed by atoms with E-state index in [9.17, 15) is 5.11 Å². The van der Waals surface area contributed by atoms with Gasteiger partial charge in [0.25, 0.3) is 0 Å². The van der Waals surface area contributed by atoms with Crippen LogP contribution in [-0.4, -0.2) is 30.1 Å². The number of halogens is 1. The number of aliphatic hydroxyl groups excluding tert-OH is 1. The van der Waals surface area contributed by atoms with Gasteiger partial charge in [-0.3, -0.25) is 5.41 Å². The van der Waals surface area contributed by atoms with Gasteiger partial charge < -0.3 is 15.7 Å². The van der Waals surface area contributed by atoms with E-state index in [0.29, 0.717) is 23.2 Å². The lowest BCUT2D eigenvalue weighted by atomic mass is 9.90. The largest absolute Gasteiger partial charge is 0.395 e. The first-order chi connectivity index (χ1) is 8.63. The molecule has 0 radical (unpaired) electrons. The molecule has 0 saturated heterocycles. The van der Waals surface area contributed by atoms with E-state index in [0.717, 1.165) is 18.5 Å². The van der Waals surface area contributed by atoms with Crippen LogP contribution in [0.15, 0.2) is 18.2 Å². The van der Waals surface area contributed by atoms with Gasteiger partial charge in [0.1, 0.15) is 5.84 Å². The Kier molecular flexibility index (Phi) is 4.09. The Morgan fingerprint density at radius 2 is 2.22 bits per heavy atom. The van der Waals surface area contributed by atoms with Crippen molar-refractivity contribution in [2.75, 3.05) is 18.1 Å². The van der Waals surface area contributed by atoms with Gasteiger partial charge in [0.2, 0.25) is 0 Å². The molecule has 0 spiro atoms. The second kappa shape index (κ2) is 5.59. The van der Waals surface area contributed by atoms with Crippen LogP contribution in [0, 0.1) is 5.41 Å². The minimum atomic E-state index is 0.00904. The van der Waals surface area contributed by atoms with Crippen molar-refractivity contribution in [3.05, 3.63) is 28.8 Å². The van der Waals surface area contributed by atoms with Crippen molar-refractivity contribution in [1.29, 1.82) is 5.41 Å². The van der Waals surface area contributed by atoms with Crippen LogP contribution in [0.4, 0.5) is 5.69 Å². The molecule has 0 atom stereocenters. The summed E-state index contributed by atoms with van der Waals surface area (Å²) in [6.45, 7) is 0.656. The number of rotatable bonds is 5. The van der Waals surface area contributed by atoms with Crippen LogP contribution in [0.3, 0.4) is 0 Å². The summed E-state index contributed by atoms with van der Waals surface area (Å²) in [5.41, 5.74) is 7.15. The molecule has 1 aliphatic carbocycles. The summed E-state index contributed by atoms with van der Waals surface area (Å²) in [5.74, 6) is 0.00904. The zero-order chi connectivity index (χ0) is 13.1. The van der Waals surface area contributed by atoms with E-state index in [4.69, 9.17) is 22.7 Å². The van der Waals surface area contributed by atoms with Crippen LogP contribution < -0.4 is 10.6 Å². The number of nitrogens with one attached hydrogen (secondary N) is 1. The van der Waals surface area contributed by atoms with Crippen LogP contribution in [0.2, 0.25) is 5.02 Å². The number of hydrogen-bond acceptors (Lipinski definition) is 3. The van der Waals surface area contributed by atoms with E-state index >= 15 is 0 Å². The average molecular weight is 268 g/mol. The number of hydrogen-bond donors (Lipinski definition) is 3. The standard InChI is InChI=1S/C13H18ClN3O/c14-9-4-5-12(11(8-9)13(15)16)17(6-7-18)10-2-1-3-10/h4-5,8,10,18H,1-3,6-7H2,(H3,15,16). The topological polar surface area (TPSA) is 73.3 Å². The van der Waals surface area contributed by atoms with Crippen molar-refractivity contribution in [3.63, 3.8) is 0 Å². The third kappa shape index (κ3) is 2.60. The molecule has 98 valence electrons. The second-order valence-corrected chi connectivity index (χ2v) is 5.01. The molecule has 1 aliphatic rings. The molecular weight excluding hydrogens is 250 g/mol. The molecule has 4 nitrogen and oxygen atoms in total. The first kappa shape index (κ1) is 13.2. The Labute approximate surface area is 112 Å². The predicted molar refractivity (Wildman–Crippen MR) is 74.5 cm³/mol. The third-order valence-corrected chi connectivity index (χ3v) is 3.65. The van der Waals surface area contributed by atoms with Gasteiger partial charge in [-0.2, -0.15) is 0 Å². The molecule has 1 aromatic carbocycles. The van der Waals surface area contributed by atoms with Crippen molar-refractivity contribution >= 4 is 23.1 Å². The highest BCUT2D eigenvalue weighted by atomic mass is 35.5. The normalized spacial score (nSPS) is 15.2. The summed E-state index contributed by atoms with van der Waals surface area (Å²) < 4.78 is 0. The number of anilines is 1. The molecule has 0 bridgehead atoms. The molecule has 2 rings (SSSR count). The predicted octanol–water partition coefficient (Wildman–Crippen LogP) is 1.98. The smallest absolute Gasteiger partial charge is 0.124 e. The number of benzene rings is 1. The summed E-state index contributed by atoms with van der Waals surface area (Å²) in [6, 6.07) is 5.83. The maximum Gasteiger partial charge on any atom is 0.124 e. The highest BCUT2D eigenvalue weighted by Crippen LogP contribution is 2.32. The maximum absolute atomic E-state index is 9.20. The summed E-state index contributed by atoms with van der Waals surface area (Å²) in [6.07, 6.45) is 3.47. The summed E-state index contributed by atoms with van der Waals surface area (Å²) in [4.78, 5) is 2.14. The van der Waals surface area contributed by atoms with Crippen LogP contribution >= 0.6 is 11.6 Å². The lowest BCUT2D eigenvalue weighted by molar-refractivity contribution is 0.283. The average Bonchev–Trinajstić information content (AvgIpc) is 2.26. The number of nitrogen functional groups attached to an aromatic ring is 1. The van der Waals surface area contributed by atoms with Gasteiger partial charge in [0.15, 0.2) is 0 Å². The lowest BCUT2D eigenvalue weighted by Gasteiger charge is -2.39. The molecular formula is C13H18ClN3O. The second-order valence-electron chi connectivity index (χ2n) is 4.58. The van der Waals surface area contributed by atoms with E-state index < -0.39 is 0 Å². The molecule has 0 unspecified atom stereocenters. The lowest BCUT2D eigenvalue weighted by Crippen LogP contribution is -2.42. The van der Waals surface area contributed by atoms with E-state index in [2.05, 4.69) is 4.90 Å². The van der Waals surface area contributed by atoms with Crippen LogP contribution in [0.25, 0.3) is 0 Å². The number of amidine groups is 1. The first-order valence-corrected chi connectivity index (χ1v) is 6.52. The quantitative estimate of drug-likeness (QED) is 0.564. The summed E-state index contributed by atoms with van der Waals surface area (Å²) >= 11 is 5.95.